The first-order chi connectivity index (χ1) is 10.8. The van der Waals surface area contributed by atoms with E-state index < -0.39 is 0 Å². The van der Waals surface area contributed by atoms with Crippen LogP contribution >= 0.6 is 0 Å². The predicted octanol–water partition coefficient (Wildman–Crippen LogP) is 0.466. The number of nitrogens with one attached hydrogen (secondary N) is 1. The lowest BCUT2D eigenvalue weighted by Crippen LogP contribution is -3.00. The van der Waals surface area contributed by atoms with Gasteiger partial charge in [-0.1, -0.05) is 12.1 Å². The van der Waals surface area contributed by atoms with Gasteiger partial charge in [0, 0.05) is 18.9 Å². The molecule has 122 valence electrons. The van der Waals surface area contributed by atoms with Gasteiger partial charge in [-0.25, -0.2) is 9.37 Å². The Morgan fingerprint density at radius 3 is 2.83 bits per heavy atom. The highest BCUT2D eigenvalue weighted by molar-refractivity contribution is 5.58. The van der Waals surface area contributed by atoms with Gasteiger partial charge in [0.1, 0.15) is 17.3 Å². The number of aromatic nitrogens is 2. The van der Waals surface area contributed by atoms with E-state index in [4.69, 9.17) is 4.42 Å². The van der Waals surface area contributed by atoms with Gasteiger partial charge in [-0.05, 0) is 37.2 Å². The Hall–Kier alpha value is -2.11. The van der Waals surface area contributed by atoms with Crippen molar-refractivity contribution in [3.63, 3.8) is 0 Å². The van der Waals surface area contributed by atoms with E-state index in [1.54, 1.807) is 30.5 Å². The highest BCUT2D eigenvalue weighted by Gasteiger charge is 2.08. The van der Waals surface area contributed by atoms with Crippen molar-refractivity contribution in [1.82, 2.24) is 14.9 Å². The average Bonchev–Trinajstić information content (AvgIpc) is 3.19. The van der Waals surface area contributed by atoms with Gasteiger partial charge in [0.05, 0.1) is 18.4 Å². The number of hydrogen-bond acceptors (Lipinski definition) is 3. The smallest absolute Gasteiger partial charge is 0.137 e. The second-order valence-electron chi connectivity index (χ2n) is 5.08. The number of imidazole rings is 1. The standard InChI is InChI=1S/C17H18FN3O.ClH/c18-16-5-2-1-4-15(16)17-7-6-14(22-17)12-19-8-3-10-21-11-9-20-13-21;/h1-2,4-7,9,11,13,19H,3,8,10,12H2;1H/p-1. The van der Waals surface area contributed by atoms with Crippen LogP contribution < -0.4 is 17.7 Å². The van der Waals surface area contributed by atoms with E-state index >= 15 is 0 Å². The first-order valence-electron chi connectivity index (χ1n) is 7.33. The fraction of sp³-hybridized carbons (Fsp3) is 0.235. The largest absolute Gasteiger partial charge is 1.00 e. The maximum absolute atomic E-state index is 13.7. The zero-order valence-electron chi connectivity index (χ0n) is 12.6. The van der Waals surface area contributed by atoms with E-state index in [0.717, 1.165) is 25.3 Å². The van der Waals surface area contributed by atoms with Crippen molar-refractivity contribution in [3.8, 4) is 11.3 Å². The van der Waals surface area contributed by atoms with Gasteiger partial charge in [-0.15, -0.1) is 0 Å². The number of hydrogen-bond donors (Lipinski definition) is 1. The summed E-state index contributed by atoms with van der Waals surface area (Å²) in [6, 6.07) is 10.3. The maximum Gasteiger partial charge on any atom is 0.137 e. The minimum absolute atomic E-state index is 0. The van der Waals surface area contributed by atoms with Gasteiger partial charge in [-0.3, -0.25) is 0 Å². The molecule has 0 spiro atoms. The van der Waals surface area contributed by atoms with Gasteiger partial charge >= 0.3 is 0 Å². The summed E-state index contributed by atoms with van der Waals surface area (Å²) in [5.41, 5.74) is 0.494. The highest BCUT2D eigenvalue weighted by atomic mass is 35.5. The fourth-order valence-corrected chi connectivity index (χ4v) is 2.30. The Morgan fingerprint density at radius 1 is 1.17 bits per heavy atom. The maximum atomic E-state index is 13.7. The molecule has 4 nitrogen and oxygen atoms in total. The second kappa shape index (κ2) is 8.50. The topological polar surface area (TPSA) is 43.0 Å². The molecule has 0 saturated heterocycles. The molecular weight excluding hydrogens is 317 g/mol. The number of halogens is 2. The van der Waals surface area contributed by atoms with Gasteiger partial charge in [0.2, 0.25) is 0 Å². The van der Waals surface area contributed by atoms with Crippen LogP contribution in [-0.4, -0.2) is 16.1 Å². The molecule has 3 rings (SSSR count). The Bertz CT molecular complexity index is 712. The summed E-state index contributed by atoms with van der Waals surface area (Å²) in [5, 5.41) is 3.32. The molecule has 0 radical (unpaired) electrons. The molecule has 0 amide bonds. The van der Waals surface area contributed by atoms with Crippen molar-refractivity contribution < 1.29 is 21.2 Å². The van der Waals surface area contributed by atoms with Crippen molar-refractivity contribution in [2.24, 2.45) is 0 Å². The summed E-state index contributed by atoms with van der Waals surface area (Å²) in [6.07, 6.45) is 6.55. The lowest BCUT2D eigenvalue weighted by molar-refractivity contribution is -0.00000571. The Morgan fingerprint density at radius 2 is 2.04 bits per heavy atom. The first kappa shape index (κ1) is 17.2. The Balaban J connectivity index is 0.00000192. The van der Waals surface area contributed by atoms with Crippen LogP contribution in [0.2, 0.25) is 0 Å². The van der Waals surface area contributed by atoms with Crippen LogP contribution in [0.1, 0.15) is 12.2 Å². The third-order valence-electron chi connectivity index (χ3n) is 3.43. The summed E-state index contributed by atoms with van der Waals surface area (Å²) in [6.45, 7) is 2.46. The monoisotopic (exact) mass is 334 g/mol. The minimum Gasteiger partial charge on any atom is -1.00 e. The number of aryl methyl sites for hydroxylation is 1. The quantitative estimate of drug-likeness (QED) is 0.639. The summed E-state index contributed by atoms with van der Waals surface area (Å²) < 4.78 is 21.4. The van der Waals surface area contributed by atoms with Crippen LogP contribution in [0.5, 0.6) is 0 Å². The van der Waals surface area contributed by atoms with Crippen molar-refractivity contribution in [1.29, 1.82) is 0 Å². The van der Waals surface area contributed by atoms with Gasteiger partial charge in [0.15, 0.2) is 0 Å². The number of furan rings is 1. The van der Waals surface area contributed by atoms with Crippen molar-refractivity contribution in [2.75, 3.05) is 6.54 Å². The van der Waals surface area contributed by atoms with E-state index in [1.165, 1.54) is 6.07 Å². The molecule has 6 heteroatoms. The summed E-state index contributed by atoms with van der Waals surface area (Å²) in [5.74, 6) is 1.10. The van der Waals surface area contributed by atoms with Crippen LogP contribution in [0.25, 0.3) is 11.3 Å². The summed E-state index contributed by atoms with van der Waals surface area (Å²) in [4.78, 5) is 4.00. The van der Waals surface area contributed by atoms with E-state index in [0.29, 0.717) is 17.9 Å². The molecule has 0 saturated carbocycles. The molecule has 1 N–H and O–H groups in total. The number of rotatable bonds is 7. The van der Waals surface area contributed by atoms with Crippen molar-refractivity contribution >= 4 is 0 Å². The lowest BCUT2D eigenvalue weighted by Gasteiger charge is -2.04. The zero-order valence-corrected chi connectivity index (χ0v) is 13.3. The van der Waals surface area contributed by atoms with Crippen LogP contribution in [0, 0.1) is 5.82 Å². The normalized spacial score (nSPS) is 10.5. The number of nitrogens with zero attached hydrogens (tertiary/aromatic N) is 2. The SMILES string of the molecule is Fc1ccccc1-c1ccc(CNCCCn2ccnc2)o1.[Cl-]. The van der Waals surface area contributed by atoms with Crippen molar-refractivity contribution in [3.05, 3.63) is 66.7 Å². The van der Waals surface area contributed by atoms with Crippen LogP contribution in [-0.2, 0) is 13.1 Å². The van der Waals surface area contributed by atoms with Gasteiger partial charge in [0.25, 0.3) is 0 Å². The highest BCUT2D eigenvalue weighted by Crippen LogP contribution is 2.24. The molecule has 0 bridgehead atoms. The zero-order chi connectivity index (χ0) is 15.2. The van der Waals surface area contributed by atoms with E-state index in [-0.39, 0.29) is 18.2 Å². The molecule has 0 aliphatic carbocycles. The summed E-state index contributed by atoms with van der Waals surface area (Å²) in [7, 11) is 0. The second-order valence-corrected chi connectivity index (χ2v) is 5.08. The third-order valence-corrected chi connectivity index (χ3v) is 3.43. The molecule has 0 unspecified atom stereocenters. The molecule has 0 fully saturated rings. The molecule has 0 aliphatic heterocycles. The van der Waals surface area contributed by atoms with E-state index in [2.05, 4.69) is 10.3 Å². The average molecular weight is 335 g/mol. The minimum atomic E-state index is -0.267. The fourth-order valence-electron chi connectivity index (χ4n) is 2.30. The third kappa shape index (κ3) is 4.68. The predicted molar refractivity (Wildman–Crippen MR) is 82.7 cm³/mol. The molecule has 0 atom stereocenters. The number of benzene rings is 1. The van der Waals surface area contributed by atoms with Crippen molar-refractivity contribution in [2.45, 2.75) is 19.5 Å². The molecule has 23 heavy (non-hydrogen) atoms. The molecule has 2 aromatic heterocycles. The van der Waals surface area contributed by atoms with Crippen LogP contribution in [0.15, 0.2) is 59.5 Å². The van der Waals surface area contributed by atoms with E-state index in [1.807, 2.05) is 23.2 Å². The Kier molecular flexibility index (Phi) is 6.38. The molecule has 1 aromatic carbocycles. The van der Waals surface area contributed by atoms with Crippen LogP contribution in [0.3, 0.4) is 0 Å². The molecular formula is C17H18ClFN3O-. The molecule has 3 aromatic rings. The van der Waals surface area contributed by atoms with Crippen LogP contribution in [0.4, 0.5) is 4.39 Å². The molecule has 2 heterocycles. The van der Waals surface area contributed by atoms with E-state index in [9.17, 15) is 4.39 Å². The first-order valence-corrected chi connectivity index (χ1v) is 7.33. The molecule has 0 aliphatic rings. The van der Waals surface area contributed by atoms with Gasteiger partial charge in [-0.2, -0.15) is 0 Å². The summed E-state index contributed by atoms with van der Waals surface area (Å²) >= 11 is 0. The lowest BCUT2D eigenvalue weighted by atomic mass is 10.1. The van der Waals surface area contributed by atoms with Gasteiger partial charge < -0.3 is 26.7 Å². The Labute approximate surface area is 140 Å².